The molecule has 0 aromatic rings. The van der Waals surface area contributed by atoms with Crippen LogP contribution >= 0.6 is 11.1 Å². The van der Waals surface area contributed by atoms with Crippen LogP contribution in [0.4, 0.5) is 0 Å². The zero-order valence-corrected chi connectivity index (χ0v) is 15.1. The van der Waals surface area contributed by atoms with Crippen molar-refractivity contribution in [1.82, 2.24) is 0 Å². The van der Waals surface area contributed by atoms with E-state index in [0.29, 0.717) is 0 Å². The Morgan fingerprint density at radius 1 is 0.778 bits per heavy atom. The minimum Gasteiger partial charge on any atom is -0.172 e. The van der Waals surface area contributed by atoms with Gasteiger partial charge in [-0.2, -0.15) is 11.1 Å². The van der Waals surface area contributed by atoms with E-state index in [4.69, 9.17) is 11.1 Å². The highest BCUT2D eigenvalue weighted by Crippen LogP contribution is 2.27. The Balaban J connectivity index is 3.92. The summed E-state index contributed by atoms with van der Waals surface area (Å²) in [6.45, 7) is 9.26. The van der Waals surface area contributed by atoms with E-state index in [1.807, 2.05) is 0 Å². The molecule has 0 fully saturated rings. The van der Waals surface area contributed by atoms with Crippen LogP contribution in [0.2, 0.25) is 12.1 Å². The highest BCUT2D eigenvalue weighted by atomic mass is 35.6. The largest absolute Gasteiger partial charge is 0.172 e. The third-order valence-corrected chi connectivity index (χ3v) is 7.69. The van der Waals surface area contributed by atoms with Crippen molar-refractivity contribution in [3.05, 3.63) is 0 Å². The summed E-state index contributed by atoms with van der Waals surface area (Å²) in [7, 11) is -0.966. The molecule has 0 saturated heterocycles. The van der Waals surface area contributed by atoms with Gasteiger partial charge in [-0.05, 0) is 23.9 Å². The molecule has 18 heavy (non-hydrogen) atoms. The smallest absolute Gasteiger partial charge is 0.141 e. The first-order valence-corrected chi connectivity index (χ1v) is 11.7. The van der Waals surface area contributed by atoms with E-state index in [0.717, 1.165) is 11.8 Å². The van der Waals surface area contributed by atoms with Crippen LogP contribution in [0, 0.1) is 11.8 Å². The zero-order valence-electron chi connectivity index (χ0n) is 13.2. The van der Waals surface area contributed by atoms with Gasteiger partial charge in [0.05, 0.1) is 0 Å². The van der Waals surface area contributed by atoms with Gasteiger partial charge in [0, 0.05) is 0 Å². The van der Waals surface area contributed by atoms with Crippen molar-refractivity contribution in [1.29, 1.82) is 0 Å². The lowest BCUT2D eigenvalue weighted by Crippen LogP contribution is -2.15. The second-order valence-electron chi connectivity index (χ2n) is 5.90. The number of unbranched alkanes of at least 4 members (excludes halogenated alkanes) is 2. The van der Waals surface area contributed by atoms with E-state index in [1.165, 1.54) is 63.5 Å². The van der Waals surface area contributed by atoms with Gasteiger partial charge in [-0.15, -0.1) is 0 Å². The molecule has 0 N–H and O–H groups in total. The maximum absolute atomic E-state index is 6.72. The van der Waals surface area contributed by atoms with Crippen molar-refractivity contribution in [2.45, 2.75) is 91.1 Å². The summed E-state index contributed by atoms with van der Waals surface area (Å²) >= 11 is 6.72. The van der Waals surface area contributed by atoms with Gasteiger partial charge < -0.3 is 0 Å². The van der Waals surface area contributed by atoms with Gasteiger partial charge in [-0.3, -0.25) is 0 Å². The van der Waals surface area contributed by atoms with Gasteiger partial charge in [-0.25, -0.2) is 0 Å². The average molecular weight is 291 g/mol. The van der Waals surface area contributed by atoms with Crippen molar-refractivity contribution in [3.63, 3.8) is 0 Å². The van der Waals surface area contributed by atoms with Crippen LogP contribution in [-0.2, 0) is 0 Å². The van der Waals surface area contributed by atoms with E-state index < -0.39 is 8.11 Å². The van der Waals surface area contributed by atoms with Crippen molar-refractivity contribution in [2.75, 3.05) is 0 Å². The maximum Gasteiger partial charge on any atom is 0.141 e. The monoisotopic (exact) mass is 290 g/mol. The second kappa shape index (κ2) is 12.5. The lowest BCUT2D eigenvalue weighted by molar-refractivity contribution is 0.473. The van der Waals surface area contributed by atoms with Crippen molar-refractivity contribution in [3.8, 4) is 0 Å². The molecule has 2 unspecified atom stereocenters. The van der Waals surface area contributed by atoms with Crippen LogP contribution in [-0.4, -0.2) is 8.11 Å². The van der Waals surface area contributed by atoms with Crippen LogP contribution < -0.4 is 0 Å². The number of hydrogen-bond donors (Lipinski definition) is 0. The summed E-state index contributed by atoms with van der Waals surface area (Å²) in [6.07, 6.45) is 10.9. The Morgan fingerprint density at radius 3 is 1.44 bits per heavy atom. The van der Waals surface area contributed by atoms with E-state index >= 15 is 0 Å². The third kappa shape index (κ3) is 9.44. The highest BCUT2D eigenvalue weighted by Gasteiger charge is 2.18. The first kappa shape index (κ1) is 18.5. The standard InChI is InChI=1S/C16H35ClSi/c1-5-9-11-15(7-3)13-18(17)14-16(8-4)12-10-6-2/h15-16,18H,5-14H2,1-4H3. The summed E-state index contributed by atoms with van der Waals surface area (Å²) in [5, 5.41) is 0. The lowest BCUT2D eigenvalue weighted by atomic mass is 10.0. The summed E-state index contributed by atoms with van der Waals surface area (Å²) in [4.78, 5) is 0. The molecule has 0 amide bonds. The number of hydrogen-bond acceptors (Lipinski definition) is 0. The van der Waals surface area contributed by atoms with Crippen LogP contribution in [0.3, 0.4) is 0 Å². The van der Waals surface area contributed by atoms with Gasteiger partial charge in [0.1, 0.15) is 8.11 Å². The topological polar surface area (TPSA) is 0 Å². The molecule has 0 aromatic heterocycles. The Hall–Kier alpha value is 0.507. The predicted octanol–water partition coefficient (Wildman–Crippen LogP) is 6.38. The van der Waals surface area contributed by atoms with E-state index in [2.05, 4.69) is 27.7 Å². The molecule has 0 aliphatic carbocycles. The molecule has 0 nitrogen and oxygen atoms in total. The molecule has 110 valence electrons. The number of halogens is 1. The first-order valence-electron chi connectivity index (χ1n) is 8.31. The Morgan fingerprint density at radius 2 is 1.17 bits per heavy atom. The van der Waals surface area contributed by atoms with Gasteiger partial charge in [-0.1, -0.05) is 79.1 Å². The van der Waals surface area contributed by atoms with Crippen LogP contribution in [0.15, 0.2) is 0 Å². The fraction of sp³-hybridized carbons (Fsp3) is 1.00. The van der Waals surface area contributed by atoms with E-state index in [1.54, 1.807) is 0 Å². The molecule has 0 spiro atoms. The molecule has 0 saturated carbocycles. The number of rotatable bonds is 12. The van der Waals surface area contributed by atoms with Crippen LogP contribution in [0.5, 0.6) is 0 Å². The molecule has 0 aliphatic heterocycles. The molecule has 0 heterocycles. The first-order chi connectivity index (χ1) is 8.67. The summed E-state index contributed by atoms with van der Waals surface area (Å²) in [5.74, 6) is 1.84. The van der Waals surface area contributed by atoms with Crippen molar-refractivity contribution < 1.29 is 0 Å². The van der Waals surface area contributed by atoms with E-state index in [9.17, 15) is 0 Å². The van der Waals surface area contributed by atoms with Crippen LogP contribution in [0.25, 0.3) is 0 Å². The van der Waals surface area contributed by atoms with Crippen molar-refractivity contribution >= 4 is 19.2 Å². The molecule has 2 atom stereocenters. The van der Waals surface area contributed by atoms with E-state index in [-0.39, 0.29) is 0 Å². The molecule has 0 aliphatic rings. The second-order valence-corrected chi connectivity index (χ2v) is 9.89. The fourth-order valence-corrected chi connectivity index (χ4v) is 7.07. The molecular formula is C16H35ClSi. The molecule has 2 heteroatoms. The normalized spacial score (nSPS) is 16.5. The quantitative estimate of drug-likeness (QED) is 0.289. The SMILES string of the molecule is CCCCC(CC)C[SiH](Cl)CC(CC)CCCC. The Kier molecular flexibility index (Phi) is 12.9. The minimum absolute atomic E-state index is 0.919. The summed E-state index contributed by atoms with van der Waals surface area (Å²) in [5.41, 5.74) is 0. The highest BCUT2D eigenvalue weighted by molar-refractivity contribution is 7.06. The fourth-order valence-electron chi connectivity index (χ4n) is 2.78. The van der Waals surface area contributed by atoms with Gasteiger partial charge >= 0.3 is 0 Å². The summed E-state index contributed by atoms with van der Waals surface area (Å²) in [6, 6.07) is 2.75. The summed E-state index contributed by atoms with van der Waals surface area (Å²) < 4.78 is 0. The van der Waals surface area contributed by atoms with Crippen molar-refractivity contribution in [2.24, 2.45) is 11.8 Å². The molecule has 0 aromatic carbocycles. The Labute approximate surface area is 122 Å². The lowest BCUT2D eigenvalue weighted by Gasteiger charge is -2.21. The maximum atomic E-state index is 6.72. The molecular weight excluding hydrogens is 256 g/mol. The van der Waals surface area contributed by atoms with Gasteiger partial charge in [0.2, 0.25) is 0 Å². The Bertz CT molecular complexity index is 154. The van der Waals surface area contributed by atoms with Gasteiger partial charge in [0.15, 0.2) is 0 Å². The minimum atomic E-state index is -0.966. The average Bonchev–Trinajstić information content (AvgIpc) is 2.39. The predicted molar refractivity (Wildman–Crippen MR) is 89.2 cm³/mol. The third-order valence-electron chi connectivity index (χ3n) is 4.26. The molecule has 0 bridgehead atoms. The van der Waals surface area contributed by atoms with Gasteiger partial charge in [0.25, 0.3) is 0 Å². The molecule has 0 rings (SSSR count). The molecule has 0 radical (unpaired) electrons. The van der Waals surface area contributed by atoms with Crippen LogP contribution in [0.1, 0.15) is 79.1 Å². The zero-order chi connectivity index (χ0) is 13.8.